The van der Waals surface area contributed by atoms with Crippen LogP contribution < -0.4 is 0 Å². The van der Waals surface area contributed by atoms with Gasteiger partial charge in [-0.2, -0.15) is 5.21 Å². The maximum absolute atomic E-state index is 4.31. The Bertz CT molecular complexity index is 648. The van der Waals surface area contributed by atoms with Gasteiger partial charge in [0.15, 0.2) is 0 Å². The highest BCUT2D eigenvalue weighted by Gasteiger charge is 2.08. The van der Waals surface area contributed by atoms with Gasteiger partial charge in [-0.3, -0.25) is 9.97 Å². The Labute approximate surface area is 103 Å². The minimum Gasteiger partial charge on any atom is -0.261 e. The van der Waals surface area contributed by atoms with Crippen molar-refractivity contribution in [1.29, 1.82) is 0 Å². The van der Waals surface area contributed by atoms with Gasteiger partial charge >= 0.3 is 0 Å². The molecule has 2 aromatic heterocycles. The molecule has 3 aromatic rings. The minimum atomic E-state index is 0.570. The van der Waals surface area contributed by atoms with Crippen molar-refractivity contribution in [3.63, 3.8) is 0 Å². The van der Waals surface area contributed by atoms with Gasteiger partial charge in [0.1, 0.15) is 0 Å². The lowest BCUT2D eigenvalue weighted by Gasteiger charge is -2.05. The van der Waals surface area contributed by atoms with Crippen molar-refractivity contribution in [2.75, 3.05) is 0 Å². The smallest absolute Gasteiger partial charge is 0.204 e. The van der Waals surface area contributed by atoms with Gasteiger partial charge in [0.25, 0.3) is 0 Å². The molecular weight excluding hydrogens is 228 g/mol. The Morgan fingerprint density at radius 1 is 1.17 bits per heavy atom. The molecule has 3 rings (SSSR count). The molecule has 0 atom stereocenters. The van der Waals surface area contributed by atoms with Crippen LogP contribution in [-0.2, 0) is 0 Å². The topological polar surface area (TPSA) is 80.2 Å². The molecule has 0 unspecified atom stereocenters. The third-order valence-electron chi connectivity index (χ3n) is 2.68. The molecule has 0 aliphatic carbocycles. The Kier molecular flexibility index (Phi) is 2.53. The van der Waals surface area contributed by atoms with E-state index in [1.807, 2.05) is 25.1 Å². The SMILES string of the molecule is Cc1ccc(-c2nn[nH]n2)cc1-c1cnccn1. The summed E-state index contributed by atoms with van der Waals surface area (Å²) in [4.78, 5) is 8.39. The number of tetrazole rings is 1. The summed E-state index contributed by atoms with van der Waals surface area (Å²) in [6.07, 6.45) is 5.07. The van der Waals surface area contributed by atoms with Crippen LogP contribution in [0.2, 0.25) is 0 Å². The van der Waals surface area contributed by atoms with Crippen LogP contribution in [0.3, 0.4) is 0 Å². The number of benzene rings is 1. The molecule has 0 radical (unpaired) electrons. The second-order valence-corrected chi connectivity index (χ2v) is 3.86. The summed E-state index contributed by atoms with van der Waals surface area (Å²) >= 11 is 0. The van der Waals surface area contributed by atoms with E-state index in [1.54, 1.807) is 18.6 Å². The van der Waals surface area contributed by atoms with E-state index >= 15 is 0 Å². The molecule has 6 nitrogen and oxygen atoms in total. The number of nitrogens with zero attached hydrogens (tertiary/aromatic N) is 5. The summed E-state index contributed by atoms with van der Waals surface area (Å²) in [5.74, 6) is 0.570. The van der Waals surface area contributed by atoms with Gasteiger partial charge in [-0.1, -0.05) is 12.1 Å². The molecule has 0 aliphatic rings. The van der Waals surface area contributed by atoms with Crippen LogP contribution in [-0.4, -0.2) is 30.6 Å². The zero-order valence-electron chi connectivity index (χ0n) is 9.70. The molecule has 0 saturated heterocycles. The van der Waals surface area contributed by atoms with Gasteiger partial charge in [-0.25, -0.2) is 0 Å². The van der Waals surface area contributed by atoms with E-state index in [1.165, 1.54) is 0 Å². The first kappa shape index (κ1) is 10.5. The maximum atomic E-state index is 4.31. The van der Waals surface area contributed by atoms with Gasteiger partial charge in [0.05, 0.1) is 11.9 Å². The summed E-state index contributed by atoms with van der Waals surface area (Å²) in [6, 6.07) is 5.96. The normalized spacial score (nSPS) is 10.5. The first-order valence-corrected chi connectivity index (χ1v) is 5.45. The highest BCUT2D eigenvalue weighted by Crippen LogP contribution is 2.25. The fourth-order valence-electron chi connectivity index (χ4n) is 1.76. The lowest BCUT2D eigenvalue weighted by Crippen LogP contribution is -1.90. The van der Waals surface area contributed by atoms with Crippen LogP contribution in [0.4, 0.5) is 0 Å². The average Bonchev–Trinajstić information content (AvgIpc) is 2.94. The Balaban J connectivity index is 2.13. The standard InChI is InChI=1S/C12H10N6/c1-8-2-3-9(12-15-17-18-16-12)6-10(8)11-7-13-4-5-14-11/h2-7H,1H3,(H,15,16,17,18). The largest absolute Gasteiger partial charge is 0.261 e. The molecule has 1 aromatic carbocycles. The zero-order chi connectivity index (χ0) is 12.4. The minimum absolute atomic E-state index is 0.570. The summed E-state index contributed by atoms with van der Waals surface area (Å²) in [5, 5.41) is 13.9. The number of H-pyrrole nitrogens is 1. The maximum Gasteiger partial charge on any atom is 0.204 e. The number of hydrogen-bond donors (Lipinski definition) is 1. The first-order chi connectivity index (χ1) is 8.84. The zero-order valence-corrected chi connectivity index (χ0v) is 9.70. The Morgan fingerprint density at radius 2 is 2.11 bits per heavy atom. The Morgan fingerprint density at radius 3 is 2.83 bits per heavy atom. The lowest BCUT2D eigenvalue weighted by molar-refractivity contribution is 0.881. The van der Waals surface area contributed by atoms with E-state index < -0.39 is 0 Å². The first-order valence-electron chi connectivity index (χ1n) is 5.45. The van der Waals surface area contributed by atoms with Crippen LogP contribution in [0.1, 0.15) is 5.56 Å². The molecule has 0 fully saturated rings. The van der Waals surface area contributed by atoms with Crippen LogP contribution in [0.5, 0.6) is 0 Å². The molecule has 6 heteroatoms. The predicted octanol–water partition coefficient (Wildman–Crippen LogP) is 1.63. The van der Waals surface area contributed by atoms with Crippen molar-refractivity contribution in [1.82, 2.24) is 30.6 Å². The fraction of sp³-hybridized carbons (Fsp3) is 0.0833. The van der Waals surface area contributed by atoms with E-state index in [0.717, 1.165) is 22.4 Å². The third kappa shape index (κ3) is 1.84. The second kappa shape index (κ2) is 4.33. The molecule has 0 amide bonds. The monoisotopic (exact) mass is 238 g/mol. The van der Waals surface area contributed by atoms with Gasteiger partial charge in [-0.05, 0) is 23.8 Å². The summed E-state index contributed by atoms with van der Waals surface area (Å²) in [6.45, 7) is 2.03. The van der Waals surface area contributed by atoms with Crippen molar-refractivity contribution in [2.24, 2.45) is 0 Å². The highest BCUT2D eigenvalue weighted by molar-refractivity contribution is 5.70. The van der Waals surface area contributed by atoms with Crippen LogP contribution in [0.25, 0.3) is 22.6 Å². The average molecular weight is 238 g/mol. The number of aryl methyl sites for hydroxylation is 1. The molecule has 0 bridgehead atoms. The molecule has 18 heavy (non-hydrogen) atoms. The van der Waals surface area contributed by atoms with E-state index in [4.69, 9.17) is 0 Å². The van der Waals surface area contributed by atoms with E-state index in [-0.39, 0.29) is 0 Å². The lowest BCUT2D eigenvalue weighted by atomic mass is 10.0. The summed E-state index contributed by atoms with van der Waals surface area (Å²) < 4.78 is 0. The van der Waals surface area contributed by atoms with Crippen LogP contribution in [0, 0.1) is 6.92 Å². The number of nitrogens with one attached hydrogen (secondary N) is 1. The van der Waals surface area contributed by atoms with E-state index in [0.29, 0.717) is 5.82 Å². The van der Waals surface area contributed by atoms with Crippen molar-refractivity contribution in [3.05, 3.63) is 42.4 Å². The van der Waals surface area contributed by atoms with Crippen molar-refractivity contribution >= 4 is 0 Å². The molecular formula is C12H10N6. The molecule has 88 valence electrons. The number of hydrogen-bond acceptors (Lipinski definition) is 5. The van der Waals surface area contributed by atoms with Gasteiger partial charge in [-0.15, -0.1) is 10.2 Å². The number of aromatic amines is 1. The quantitative estimate of drug-likeness (QED) is 0.734. The van der Waals surface area contributed by atoms with Gasteiger partial charge < -0.3 is 0 Å². The van der Waals surface area contributed by atoms with Gasteiger partial charge in [0.2, 0.25) is 5.82 Å². The van der Waals surface area contributed by atoms with Gasteiger partial charge in [0, 0.05) is 23.5 Å². The summed E-state index contributed by atoms with van der Waals surface area (Å²) in [7, 11) is 0. The van der Waals surface area contributed by atoms with E-state index in [9.17, 15) is 0 Å². The fourth-order valence-corrected chi connectivity index (χ4v) is 1.76. The van der Waals surface area contributed by atoms with Crippen molar-refractivity contribution in [3.8, 4) is 22.6 Å². The molecule has 0 saturated carbocycles. The molecule has 0 aliphatic heterocycles. The molecule has 1 N–H and O–H groups in total. The van der Waals surface area contributed by atoms with Crippen LogP contribution >= 0.6 is 0 Å². The highest BCUT2D eigenvalue weighted by atomic mass is 15.5. The molecule has 0 spiro atoms. The summed E-state index contributed by atoms with van der Waals surface area (Å²) in [5.41, 5.74) is 3.88. The van der Waals surface area contributed by atoms with Crippen LogP contribution in [0.15, 0.2) is 36.8 Å². The number of aromatic nitrogens is 6. The van der Waals surface area contributed by atoms with Crippen molar-refractivity contribution < 1.29 is 0 Å². The number of rotatable bonds is 2. The molecule has 2 heterocycles. The third-order valence-corrected chi connectivity index (χ3v) is 2.68. The Hall–Kier alpha value is -2.63. The predicted molar refractivity (Wildman–Crippen MR) is 65.4 cm³/mol. The second-order valence-electron chi connectivity index (χ2n) is 3.86. The van der Waals surface area contributed by atoms with Crippen molar-refractivity contribution in [2.45, 2.75) is 6.92 Å². The van der Waals surface area contributed by atoms with E-state index in [2.05, 4.69) is 30.6 Å².